The van der Waals surface area contributed by atoms with E-state index in [1.165, 1.54) is 4.90 Å². The second-order valence-corrected chi connectivity index (χ2v) is 10.3. The minimum absolute atomic E-state index is 0.234. The molecule has 0 aliphatic carbocycles. The fourth-order valence-corrected chi connectivity index (χ4v) is 3.85. The van der Waals surface area contributed by atoms with Crippen molar-refractivity contribution in [1.82, 2.24) is 15.5 Å². The number of primary amides is 1. The van der Waals surface area contributed by atoms with Gasteiger partial charge < -0.3 is 26.0 Å². The highest BCUT2D eigenvalue weighted by molar-refractivity contribution is 5.94. The summed E-state index contributed by atoms with van der Waals surface area (Å²) in [4.78, 5) is 53.4. The number of rotatable bonds is 12. The second kappa shape index (κ2) is 14.2. The maximum absolute atomic E-state index is 13.9. The molecule has 0 fully saturated rings. The van der Waals surface area contributed by atoms with Crippen LogP contribution in [-0.4, -0.2) is 46.9 Å². The van der Waals surface area contributed by atoms with Crippen molar-refractivity contribution in [2.45, 2.75) is 78.1 Å². The Hall–Kier alpha value is -3.88. The summed E-state index contributed by atoms with van der Waals surface area (Å²) in [6.07, 6.45) is 0.0756. The molecule has 0 aliphatic heterocycles. The minimum atomic E-state index is -1.30. The van der Waals surface area contributed by atoms with Crippen molar-refractivity contribution in [3.8, 4) is 0 Å². The number of carbonyl (C=O) groups is 4. The predicted molar refractivity (Wildman–Crippen MR) is 146 cm³/mol. The molecule has 38 heavy (non-hydrogen) atoms. The molecule has 0 heterocycles. The summed E-state index contributed by atoms with van der Waals surface area (Å²) in [6, 6.07) is 14.5. The third kappa shape index (κ3) is 9.88. The number of ether oxygens (including phenoxy) is 1. The van der Waals surface area contributed by atoms with Gasteiger partial charge in [0, 0.05) is 13.1 Å². The molecule has 0 aromatic heterocycles. The van der Waals surface area contributed by atoms with Crippen molar-refractivity contribution in [1.29, 1.82) is 0 Å². The molecule has 0 radical (unpaired) electrons. The van der Waals surface area contributed by atoms with E-state index in [1.54, 1.807) is 32.9 Å². The Labute approximate surface area is 225 Å². The fourth-order valence-electron chi connectivity index (χ4n) is 3.85. The average molecular weight is 525 g/mol. The van der Waals surface area contributed by atoms with E-state index in [9.17, 15) is 19.2 Å². The molecule has 4 N–H and O–H groups in total. The quantitative estimate of drug-likeness (QED) is 0.389. The van der Waals surface area contributed by atoms with Crippen molar-refractivity contribution in [2.75, 3.05) is 6.54 Å². The van der Waals surface area contributed by atoms with Gasteiger partial charge >= 0.3 is 6.09 Å². The lowest BCUT2D eigenvalue weighted by molar-refractivity contribution is -0.143. The Kier molecular flexibility index (Phi) is 11.3. The number of amides is 4. The van der Waals surface area contributed by atoms with Crippen molar-refractivity contribution in [3.63, 3.8) is 0 Å². The number of unbranched alkanes of at least 4 members (excludes halogenated alkanes) is 1. The first-order valence-corrected chi connectivity index (χ1v) is 12.9. The number of nitrogens with two attached hydrogens (primary N) is 1. The first kappa shape index (κ1) is 30.3. The number of aryl methyl sites for hydroxylation is 1. The zero-order valence-corrected chi connectivity index (χ0v) is 23.0. The lowest BCUT2D eigenvalue weighted by atomic mass is 10.00. The van der Waals surface area contributed by atoms with E-state index in [4.69, 9.17) is 10.5 Å². The van der Waals surface area contributed by atoms with Crippen molar-refractivity contribution in [2.24, 2.45) is 5.73 Å². The van der Waals surface area contributed by atoms with Gasteiger partial charge in [-0.1, -0.05) is 73.5 Å². The van der Waals surface area contributed by atoms with Crippen LogP contribution in [0.4, 0.5) is 4.79 Å². The summed E-state index contributed by atoms with van der Waals surface area (Å²) in [5.41, 5.74) is 7.14. The summed E-state index contributed by atoms with van der Waals surface area (Å²) in [7, 11) is 0. The van der Waals surface area contributed by atoms with Gasteiger partial charge in [-0.2, -0.15) is 0 Å². The smallest absolute Gasteiger partial charge is 0.408 e. The Balaban J connectivity index is 2.44. The standard InChI is InChI=1S/C29H40N4O5/c1-6-7-17-33(27(36)23(18-24(30)34)32-28(37)38-29(3,4)5)25(22-15-13-20(2)14-16-22)26(35)31-19-21-11-9-8-10-12-21/h8-16,23,25H,6-7,17-19H2,1-5H3,(H2,30,34)(H,31,35)(H,32,37). The Morgan fingerprint density at radius 1 is 1.00 bits per heavy atom. The van der Waals surface area contributed by atoms with Crippen LogP contribution in [0.15, 0.2) is 54.6 Å². The Morgan fingerprint density at radius 3 is 2.18 bits per heavy atom. The van der Waals surface area contributed by atoms with Gasteiger partial charge in [0.05, 0.1) is 6.42 Å². The average Bonchev–Trinajstić information content (AvgIpc) is 2.84. The number of nitrogens with one attached hydrogen (secondary N) is 2. The number of hydrogen-bond acceptors (Lipinski definition) is 5. The highest BCUT2D eigenvalue weighted by Gasteiger charge is 2.36. The van der Waals surface area contributed by atoms with Gasteiger partial charge in [-0.05, 0) is 45.2 Å². The third-order valence-corrected chi connectivity index (χ3v) is 5.69. The largest absolute Gasteiger partial charge is 0.444 e. The topological polar surface area (TPSA) is 131 Å². The van der Waals surface area contributed by atoms with Gasteiger partial charge in [0.15, 0.2) is 0 Å². The van der Waals surface area contributed by atoms with Crippen LogP contribution >= 0.6 is 0 Å². The first-order valence-electron chi connectivity index (χ1n) is 12.9. The maximum atomic E-state index is 13.9. The highest BCUT2D eigenvalue weighted by atomic mass is 16.6. The first-order chi connectivity index (χ1) is 17.9. The summed E-state index contributed by atoms with van der Waals surface area (Å²) in [5.74, 6) is -1.74. The summed E-state index contributed by atoms with van der Waals surface area (Å²) >= 11 is 0. The van der Waals surface area contributed by atoms with Crippen LogP contribution in [0.1, 0.15) is 69.7 Å². The van der Waals surface area contributed by atoms with E-state index in [1.807, 2.05) is 56.3 Å². The zero-order chi connectivity index (χ0) is 28.3. The fraction of sp³-hybridized carbons (Fsp3) is 0.448. The zero-order valence-electron chi connectivity index (χ0n) is 23.0. The van der Waals surface area contributed by atoms with Gasteiger partial charge in [-0.25, -0.2) is 4.79 Å². The van der Waals surface area contributed by atoms with Crippen molar-refractivity contribution < 1.29 is 23.9 Å². The van der Waals surface area contributed by atoms with Crippen molar-refractivity contribution in [3.05, 3.63) is 71.3 Å². The highest BCUT2D eigenvalue weighted by Crippen LogP contribution is 2.24. The van der Waals surface area contributed by atoms with E-state index >= 15 is 0 Å². The van der Waals surface area contributed by atoms with Gasteiger partial charge in [0.1, 0.15) is 17.7 Å². The lowest BCUT2D eigenvalue weighted by Crippen LogP contribution is -2.54. The number of carbonyl (C=O) groups excluding carboxylic acids is 4. The van der Waals surface area contributed by atoms with E-state index in [0.29, 0.717) is 12.0 Å². The SMILES string of the molecule is CCCCN(C(=O)C(CC(N)=O)NC(=O)OC(C)(C)C)C(C(=O)NCc1ccccc1)c1ccc(C)cc1. The van der Waals surface area contributed by atoms with Crippen LogP contribution in [-0.2, 0) is 25.7 Å². The van der Waals surface area contributed by atoms with E-state index in [0.717, 1.165) is 17.5 Å². The van der Waals surface area contributed by atoms with Crippen LogP contribution < -0.4 is 16.4 Å². The van der Waals surface area contributed by atoms with Crippen LogP contribution in [0.25, 0.3) is 0 Å². The molecule has 0 aliphatic rings. The Morgan fingerprint density at radius 2 is 1.63 bits per heavy atom. The maximum Gasteiger partial charge on any atom is 0.408 e. The predicted octanol–water partition coefficient (Wildman–Crippen LogP) is 3.75. The van der Waals surface area contributed by atoms with E-state index in [-0.39, 0.29) is 19.0 Å². The molecule has 2 unspecified atom stereocenters. The molecule has 0 spiro atoms. The molecule has 2 atom stereocenters. The molecule has 4 amide bonds. The molecule has 0 saturated carbocycles. The van der Waals surface area contributed by atoms with Gasteiger partial charge in [0.2, 0.25) is 17.7 Å². The second-order valence-electron chi connectivity index (χ2n) is 10.3. The molecule has 0 saturated heterocycles. The van der Waals surface area contributed by atoms with E-state index in [2.05, 4.69) is 10.6 Å². The molecule has 9 nitrogen and oxygen atoms in total. The van der Waals surface area contributed by atoms with Crippen LogP contribution in [0, 0.1) is 6.92 Å². The molecule has 206 valence electrons. The van der Waals surface area contributed by atoms with Crippen LogP contribution in [0.2, 0.25) is 0 Å². The summed E-state index contributed by atoms with van der Waals surface area (Å²) in [5, 5.41) is 5.43. The number of hydrogen-bond donors (Lipinski definition) is 3. The van der Waals surface area contributed by atoms with Gasteiger partial charge in [0.25, 0.3) is 0 Å². The molecule has 2 aromatic rings. The van der Waals surface area contributed by atoms with Crippen LogP contribution in [0.5, 0.6) is 0 Å². The van der Waals surface area contributed by atoms with Crippen molar-refractivity contribution >= 4 is 23.8 Å². The monoisotopic (exact) mass is 524 g/mol. The van der Waals surface area contributed by atoms with Gasteiger partial charge in [-0.15, -0.1) is 0 Å². The molecular weight excluding hydrogens is 484 g/mol. The molecule has 2 rings (SSSR count). The normalized spacial score (nSPS) is 12.7. The number of benzene rings is 2. The lowest BCUT2D eigenvalue weighted by Gasteiger charge is -2.34. The molecule has 9 heteroatoms. The minimum Gasteiger partial charge on any atom is -0.444 e. The number of alkyl carbamates (subject to hydrolysis) is 1. The van der Waals surface area contributed by atoms with E-state index < -0.39 is 42.0 Å². The molecular formula is C29H40N4O5. The summed E-state index contributed by atoms with van der Waals surface area (Å²) < 4.78 is 5.30. The summed E-state index contributed by atoms with van der Waals surface area (Å²) in [6.45, 7) is 9.48. The third-order valence-electron chi connectivity index (χ3n) is 5.69. The Bertz CT molecular complexity index is 1080. The molecule has 0 bridgehead atoms. The van der Waals surface area contributed by atoms with Crippen LogP contribution in [0.3, 0.4) is 0 Å². The molecule has 2 aromatic carbocycles. The number of nitrogens with zero attached hydrogens (tertiary/aromatic N) is 1. The van der Waals surface area contributed by atoms with Gasteiger partial charge in [-0.3, -0.25) is 14.4 Å².